The van der Waals surface area contributed by atoms with Crippen molar-refractivity contribution >= 4 is 6.29 Å². The Bertz CT molecular complexity index is 243. The molecule has 0 heterocycles. The van der Waals surface area contributed by atoms with Crippen LogP contribution in [0.5, 0.6) is 0 Å². The SMILES string of the molecule is O=CCc1ccccc1CO. The number of aliphatic hydroxyl groups excluding tert-OH is 1. The van der Waals surface area contributed by atoms with Gasteiger partial charge in [0.1, 0.15) is 6.29 Å². The van der Waals surface area contributed by atoms with Crippen LogP contribution < -0.4 is 0 Å². The van der Waals surface area contributed by atoms with Gasteiger partial charge in [-0.3, -0.25) is 0 Å². The van der Waals surface area contributed by atoms with Crippen LogP contribution >= 0.6 is 0 Å². The van der Waals surface area contributed by atoms with Crippen molar-refractivity contribution in [1.82, 2.24) is 0 Å². The monoisotopic (exact) mass is 150 g/mol. The molecule has 0 radical (unpaired) electrons. The highest BCUT2D eigenvalue weighted by Gasteiger charge is 1.97. The minimum absolute atomic E-state index is 0.00398. The maximum atomic E-state index is 10.2. The Hall–Kier alpha value is -1.15. The summed E-state index contributed by atoms with van der Waals surface area (Å²) in [5, 5.41) is 8.83. The van der Waals surface area contributed by atoms with Crippen LogP contribution in [0.25, 0.3) is 0 Å². The maximum Gasteiger partial charge on any atom is 0.124 e. The average Bonchev–Trinajstić information content (AvgIpc) is 2.06. The lowest BCUT2D eigenvalue weighted by molar-refractivity contribution is -0.107. The van der Waals surface area contributed by atoms with E-state index >= 15 is 0 Å². The molecule has 0 saturated heterocycles. The van der Waals surface area contributed by atoms with Crippen molar-refractivity contribution in [2.45, 2.75) is 13.0 Å². The number of hydrogen-bond donors (Lipinski definition) is 1. The van der Waals surface area contributed by atoms with Crippen LogP contribution in [0.2, 0.25) is 0 Å². The van der Waals surface area contributed by atoms with Crippen molar-refractivity contribution < 1.29 is 9.90 Å². The fourth-order valence-electron chi connectivity index (χ4n) is 1.00. The first kappa shape index (κ1) is 7.95. The van der Waals surface area contributed by atoms with Crippen LogP contribution in [0.3, 0.4) is 0 Å². The Kier molecular flexibility index (Phi) is 2.81. The van der Waals surface area contributed by atoms with Crippen LogP contribution in [0.1, 0.15) is 11.1 Å². The number of aldehydes is 1. The third kappa shape index (κ3) is 1.88. The molecule has 0 spiro atoms. The molecule has 11 heavy (non-hydrogen) atoms. The van der Waals surface area contributed by atoms with Gasteiger partial charge >= 0.3 is 0 Å². The second kappa shape index (κ2) is 3.88. The third-order valence-electron chi connectivity index (χ3n) is 1.59. The molecule has 1 aromatic rings. The van der Waals surface area contributed by atoms with Gasteiger partial charge in [0.2, 0.25) is 0 Å². The van der Waals surface area contributed by atoms with E-state index in [0.29, 0.717) is 6.42 Å². The van der Waals surface area contributed by atoms with E-state index in [4.69, 9.17) is 5.11 Å². The van der Waals surface area contributed by atoms with Crippen molar-refractivity contribution in [2.24, 2.45) is 0 Å². The van der Waals surface area contributed by atoms with Gasteiger partial charge in [-0.25, -0.2) is 0 Å². The van der Waals surface area contributed by atoms with Crippen molar-refractivity contribution in [2.75, 3.05) is 0 Å². The molecule has 0 aromatic heterocycles. The number of benzene rings is 1. The van der Waals surface area contributed by atoms with E-state index in [0.717, 1.165) is 17.4 Å². The standard InChI is InChI=1S/C9H10O2/c10-6-5-8-3-1-2-4-9(8)7-11/h1-4,6,11H,5,7H2. The lowest BCUT2D eigenvalue weighted by Gasteiger charge is -2.01. The second-order valence-electron chi connectivity index (χ2n) is 2.30. The van der Waals surface area contributed by atoms with Crippen LogP contribution in [0, 0.1) is 0 Å². The van der Waals surface area contributed by atoms with Crippen LogP contribution in [0.4, 0.5) is 0 Å². The number of carbonyl (C=O) groups excluding carboxylic acids is 1. The van der Waals surface area contributed by atoms with Gasteiger partial charge in [-0.2, -0.15) is 0 Å². The van der Waals surface area contributed by atoms with Crippen LogP contribution in [-0.4, -0.2) is 11.4 Å². The summed E-state index contributed by atoms with van der Waals surface area (Å²) in [6.07, 6.45) is 1.23. The molecule has 0 unspecified atom stereocenters. The van der Waals surface area contributed by atoms with Gasteiger partial charge in [-0.05, 0) is 11.1 Å². The first-order chi connectivity index (χ1) is 5.38. The van der Waals surface area contributed by atoms with E-state index in [1.54, 1.807) is 0 Å². The summed E-state index contributed by atoms with van der Waals surface area (Å²) >= 11 is 0. The summed E-state index contributed by atoms with van der Waals surface area (Å²) in [6.45, 7) is 0.00398. The summed E-state index contributed by atoms with van der Waals surface area (Å²) in [6, 6.07) is 7.37. The molecular formula is C9H10O2. The predicted molar refractivity (Wildman–Crippen MR) is 42.1 cm³/mol. The zero-order chi connectivity index (χ0) is 8.10. The first-order valence-corrected chi connectivity index (χ1v) is 3.49. The largest absolute Gasteiger partial charge is 0.392 e. The zero-order valence-electron chi connectivity index (χ0n) is 6.16. The molecule has 0 fully saturated rings. The van der Waals surface area contributed by atoms with Gasteiger partial charge in [0.25, 0.3) is 0 Å². The van der Waals surface area contributed by atoms with Gasteiger partial charge in [-0.1, -0.05) is 24.3 Å². The summed E-state index contributed by atoms with van der Waals surface area (Å²) in [4.78, 5) is 10.2. The van der Waals surface area contributed by atoms with Gasteiger partial charge in [-0.15, -0.1) is 0 Å². The minimum Gasteiger partial charge on any atom is -0.392 e. The Morgan fingerprint density at radius 3 is 2.45 bits per heavy atom. The lowest BCUT2D eigenvalue weighted by atomic mass is 10.1. The highest BCUT2D eigenvalue weighted by Crippen LogP contribution is 2.07. The Morgan fingerprint density at radius 2 is 1.91 bits per heavy atom. The van der Waals surface area contributed by atoms with E-state index in [1.807, 2.05) is 24.3 Å². The number of carbonyl (C=O) groups is 1. The summed E-state index contributed by atoms with van der Waals surface area (Å²) in [5.41, 5.74) is 1.74. The third-order valence-corrected chi connectivity index (χ3v) is 1.59. The van der Waals surface area contributed by atoms with Crippen molar-refractivity contribution in [3.63, 3.8) is 0 Å². The Morgan fingerprint density at radius 1 is 1.27 bits per heavy atom. The molecule has 1 rings (SSSR count). The molecule has 0 aliphatic rings. The molecule has 1 N–H and O–H groups in total. The van der Waals surface area contributed by atoms with Gasteiger partial charge in [0.05, 0.1) is 6.61 Å². The molecule has 0 amide bonds. The minimum atomic E-state index is 0.00398. The normalized spacial score (nSPS) is 9.55. The lowest BCUT2D eigenvalue weighted by Crippen LogP contribution is -1.93. The molecule has 2 nitrogen and oxygen atoms in total. The van der Waals surface area contributed by atoms with Gasteiger partial charge < -0.3 is 9.90 Å². The predicted octanol–water partition coefficient (Wildman–Crippen LogP) is 0.920. The van der Waals surface area contributed by atoms with E-state index in [-0.39, 0.29) is 6.61 Å². The molecule has 0 aliphatic heterocycles. The Balaban J connectivity index is 2.92. The number of hydrogen-bond acceptors (Lipinski definition) is 2. The molecule has 0 saturated carbocycles. The van der Waals surface area contributed by atoms with Crippen molar-refractivity contribution in [3.05, 3.63) is 35.4 Å². The zero-order valence-corrected chi connectivity index (χ0v) is 6.16. The fraction of sp³-hybridized carbons (Fsp3) is 0.222. The van der Waals surface area contributed by atoms with E-state index in [2.05, 4.69) is 0 Å². The molecule has 58 valence electrons. The highest BCUT2D eigenvalue weighted by molar-refractivity contribution is 5.56. The second-order valence-corrected chi connectivity index (χ2v) is 2.30. The first-order valence-electron chi connectivity index (χ1n) is 3.49. The highest BCUT2D eigenvalue weighted by atomic mass is 16.3. The topological polar surface area (TPSA) is 37.3 Å². The van der Waals surface area contributed by atoms with Crippen molar-refractivity contribution in [1.29, 1.82) is 0 Å². The summed E-state index contributed by atoms with van der Waals surface area (Å²) in [7, 11) is 0. The molecule has 2 heteroatoms. The molecule has 0 aliphatic carbocycles. The average molecular weight is 150 g/mol. The molecular weight excluding hydrogens is 140 g/mol. The van der Waals surface area contributed by atoms with E-state index in [1.165, 1.54) is 0 Å². The van der Waals surface area contributed by atoms with E-state index < -0.39 is 0 Å². The smallest absolute Gasteiger partial charge is 0.124 e. The summed E-state index contributed by atoms with van der Waals surface area (Å²) < 4.78 is 0. The molecule has 0 atom stereocenters. The summed E-state index contributed by atoms with van der Waals surface area (Å²) in [5.74, 6) is 0. The van der Waals surface area contributed by atoms with E-state index in [9.17, 15) is 4.79 Å². The van der Waals surface area contributed by atoms with Crippen LogP contribution in [-0.2, 0) is 17.8 Å². The Labute approximate surface area is 65.5 Å². The quantitative estimate of drug-likeness (QED) is 0.650. The number of aliphatic hydroxyl groups is 1. The van der Waals surface area contributed by atoms with Gasteiger partial charge in [0, 0.05) is 6.42 Å². The van der Waals surface area contributed by atoms with Crippen molar-refractivity contribution in [3.8, 4) is 0 Å². The molecule has 1 aromatic carbocycles. The number of rotatable bonds is 3. The maximum absolute atomic E-state index is 10.2. The fourth-order valence-corrected chi connectivity index (χ4v) is 1.00. The van der Waals surface area contributed by atoms with Crippen LogP contribution in [0.15, 0.2) is 24.3 Å². The molecule has 0 bridgehead atoms. The van der Waals surface area contributed by atoms with Gasteiger partial charge in [0.15, 0.2) is 0 Å².